The lowest BCUT2D eigenvalue weighted by Crippen LogP contribution is -2.36. The molecule has 100 valence electrons. The van der Waals surface area contributed by atoms with Crippen LogP contribution in [0.1, 0.15) is 25.0 Å². The summed E-state index contributed by atoms with van der Waals surface area (Å²) in [6.07, 6.45) is 0. The van der Waals surface area contributed by atoms with Gasteiger partial charge in [-0.2, -0.15) is 0 Å². The van der Waals surface area contributed by atoms with Gasteiger partial charge in [0.25, 0.3) is 0 Å². The van der Waals surface area contributed by atoms with E-state index < -0.39 is 0 Å². The highest BCUT2D eigenvalue weighted by molar-refractivity contribution is 5.97. The van der Waals surface area contributed by atoms with Gasteiger partial charge in [0.05, 0.1) is 5.60 Å². The Hall–Kier alpha value is -1.59. The number of oxime groups is 1. The summed E-state index contributed by atoms with van der Waals surface area (Å²) >= 11 is 0. The molecule has 0 saturated carbocycles. The van der Waals surface area contributed by atoms with Gasteiger partial charge < -0.3 is 21.0 Å². The minimum Gasteiger partial charge on any atom is -0.409 e. The van der Waals surface area contributed by atoms with Gasteiger partial charge in [-0.25, -0.2) is 0 Å². The van der Waals surface area contributed by atoms with Crippen molar-refractivity contribution in [2.75, 3.05) is 13.7 Å². The minimum atomic E-state index is -0.191. The molecule has 1 aromatic carbocycles. The fourth-order valence-electron chi connectivity index (χ4n) is 1.48. The summed E-state index contributed by atoms with van der Waals surface area (Å²) in [5, 5.41) is 14.9. The van der Waals surface area contributed by atoms with Crippen molar-refractivity contribution >= 4 is 5.84 Å². The van der Waals surface area contributed by atoms with Gasteiger partial charge in [-0.15, -0.1) is 0 Å². The number of hydrogen-bond acceptors (Lipinski definition) is 4. The summed E-state index contributed by atoms with van der Waals surface area (Å²) in [5.74, 6) is 0.120. The number of hydrogen-bond donors (Lipinski definition) is 3. The third-order valence-corrected chi connectivity index (χ3v) is 2.76. The van der Waals surface area contributed by atoms with E-state index in [9.17, 15) is 0 Å². The SMILES string of the molecule is COC(C)(C)CNCc1cccc(/C(N)=N/O)c1. The van der Waals surface area contributed by atoms with E-state index >= 15 is 0 Å². The van der Waals surface area contributed by atoms with Gasteiger partial charge in [-0.1, -0.05) is 23.4 Å². The Morgan fingerprint density at radius 2 is 2.22 bits per heavy atom. The fourth-order valence-corrected chi connectivity index (χ4v) is 1.48. The molecule has 0 amide bonds. The van der Waals surface area contributed by atoms with Crippen molar-refractivity contribution in [2.45, 2.75) is 26.0 Å². The second-order valence-electron chi connectivity index (χ2n) is 4.75. The quantitative estimate of drug-likeness (QED) is 0.308. The lowest BCUT2D eigenvalue weighted by Gasteiger charge is -2.23. The van der Waals surface area contributed by atoms with E-state index in [0.717, 1.165) is 12.1 Å². The summed E-state index contributed by atoms with van der Waals surface area (Å²) < 4.78 is 5.32. The van der Waals surface area contributed by atoms with Crippen LogP contribution in [0.2, 0.25) is 0 Å². The largest absolute Gasteiger partial charge is 0.409 e. The summed E-state index contributed by atoms with van der Waals surface area (Å²) in [5.41, 5.74) is 7.14. The van der Waals surface area contributed by atoms with Gasteiger partial charge in [0.15, 0.2) is 5.84 Å². The van der Waals surface area contributed by atoms with Crippen LogP contribution < -0.4 is 11.1 Å². The molecule has 0 unspecified atom stereocenters. The number of methoxy groups -OCH3 is 1. The molecule has 0 fully saturated rings. The second-order valence-corrected chi connectivity index (χ2v) is 4.75. The maximum atomic E-state index is 8.62. The average Bonchev–Trinajstić information content (AvgIpc) is 2.38. The number of nitrogens with one attached hydrogen (secondary N) is 1. The van der Waals surface area contributed by atoms with Crippen molar-refractivity contribution in [1.82, 2.24) is 5.32 Å². The van der Waals surface area contributed by atoms with Crippen molar-refractivity contribution in [3.05, 3.63) is 35.4 Å². The molecular weight excluding hydrogens is 230 g/mol. The van der Waals surface area contributed by atoms with E-state index in [1.54, 1.807) is 13.2 Å². The summed E-state index contributed by atoms with van der Waals surface area (Å²) in [6, 6.07) is 7.56. The predicted molar refractivity (Wildman–Crippen MR) is 71.7 cm³/mol. The molecule has 1 aromatic rings. The van der Waals surface area contributed by atoms with E-state index in [4.69, 9.17) is 15.7 Å². The third-order valence-electron chi connectivity index (χ3n) is 2.76. The molecular formula is C13H21N3O2. The Balaban J connectivity index is 2.58. The van der Waals surface area contributed by atoms with Gasteiger partial charge in [0.1, 0.15) is 0 Å². The zero-order valence-electron chi connectivity index (χ0n) is 11.1. The van der Waals surface area contributed by atoms with Gasteiger partial charge in [-0.3, -0.25) is 0 Å². The first-order valence-electron chi connectivity index (χ1n) is 5.81. The third kappa shape index (κ3) is 4.35. The molecule has 0 aliphatic carbocycles. The maximum absolute atomic E-state index is 8.62. The van der Waals surface area contributed by atoms with Crippen LogP contribution in [-0.2, 0) is 11.3 Å². The number of nitrogens with zero attached hydrogens (tertiary/aromatic N) is 1. The van der Waals surface area contributed by atoms with Gasteiger partial charge >= 0.3 is 0 Å². The van der Waals surface area contributed by atoms with Crippen molar-refractivity contribution < 1.29 is 9.94 Å². The highest BCUT2D eigenvalue weighted by atomic mass is 16.5. The van der Waals surface area contributed by atoms with E-state index in [-0.39, 0.29) is 11.4 Å². The first-order chi connectivity index (χ1) is 8.48. The van der Waals surface area contributed by atoms with Gasteiger partial charge in [-0.05, 0) is 25.5 Å². The minimum absolute atomic E-state index is 0.120. The van der Waals surface area contributed by atoms with E-state index in [1.165, 1.54) is 0 Å². The van der Waals surface area contributed by atoms with Crippen LogP contribution in [0.4, 0.5) is 0 Å². The zero-order valence-corrected chi connectivity index (χ0v) is 11.1. The van der Waals surface area contributed by atoms with Crippen molar-refractivity contribution in [2.24, 2.45) is 10.9 Å². The maximum Gasteiger partial charge on any atom is 0.170 e. The second kappa shape index (κ2) is 6.37. The summed E-state index contributed by atoms with van der Waals surface area (Å²) in [7, 11) is 1.70. The average molecular weight is 251 g/mol. The molecule has 5 nitrogen and oxygen atoms in total. The lowest BCUT2D eigenvalue weighted by atomic mass is 10.1. The Labute approximate surface area is 108 Å². The van der Waals surface area contributed by atoms with Crippen molar-refractivity contribution in [3.63, 3.8) is 0 Å². The topological polar surface area (TPSA) is 79.9 Å². The number of ether oxygens (including phenoxy) is 1. The molecule has 0 bridgehead atoms. The molecule has 1 rings (SSSR count). The summed E-state index contributed by atoms with van der Waals surface area (Å²) in [6.45, 7) is 5.50. The molecule has 0 spiro atoms. The Morgan fingerprint density at radius 3 is 2.83 bits per heavy atom. The van der Waals surface area contributed by atoms with E-state index in [1.807, 2.05) is 32.0 Å². The van der Waals surface area contributed by atoms with Gasteiger partial charge in [0.2, 0.25) is 0 Å². The number of nitrogens with two attached hydrogens (primary N) is 1. The van der Waals surface area contributed by atoms with Crippen LogP contribution in [0, 0.1) is 0 Å². The Kier molecular flexibility index (Phi) is 5.12. The monoisotopic (exact) mass is 251 g/mol. The molecule has 0 aliphatic heterocycles. The molecule has 4 N–H and O–H groups in total. The standard InChI is InChI=1S/C13H21N3O2/c1-13(2,18-3)9-15-8-10-5-4-6-11(7-10)12(14)16-17/h4-7,15,17H,8-9H2,1-3H3,(H2,14,16). The molecule has 0 aromatic heterocycles. The molecule has 0 aliphatic rings. The molecule has 0 heterocycles. The number of rotatable bonds is 6. The Morgan fingerprint density at radius 1 is 1.50 bits per heavy atom. The molecule has 0 saturated heterocycles. The first-order valence-corrected chi connectivity index (χ1v) is 5.81. The van der Waals surface area contributed by atoms with Crippen LogP contribution >= 0.6 is 0 Å². The van der Waals surface area contributed by atoms with Crippen LogP contribution in [0.5, 0.6) is 0 Å². The molecule has 0 radical (unpaired) electrons. The van der Waals surface area contributed by atoms with E-state index in [0.29, 0.717) is 12.1 Å². The van der Waals surface area contributed by atoms with Crippen molar-refractivity contribution in [3.8, 4) is 0 Å². The number of benzene rings is 1. The van der Waals surface area contributed by atoms with Crippen LogP contribution in [-0.4, -0.2) is 30.3 Å². The summed E-state index contributed by atoms with van der Waals surface area (Å²) in [4.78, 5) is 0. The molecule has 18 heavy (non-hydrogen) atoms. The highest BCUT2D eigenvalue weighted by Gasteiger charge is 2.15. The zero-order chi connectivity index (χ0) is 13.6. The first kappa shape index (κ1) is 14.5. The highest BCUT2D eigenvalue weighted by Crippen LogP contribution is 2.07. The van der Waals surface area contributed by atoms with Gasteiger partial charge in [0, 0.05) is 25.8 Å². The fraction of sp³-hybridized carbons (Fsp3) is 0.462. The molecule has 0 atom stereocenters. The van der Waals surface area contributed by atoms with Crippen LogP contribution in [0.25, 0.3) is 0 Å². The predicted octanol–water partition coefficient (Wildman–Crippen LogP) is 1.30. The van der Waals surface area contributed by atoms with Crippen molar-refractivity contribution in [1.29, 1.82) is 0 Å². The Bertz CT molecular complexity index is 416. The number of amidine groups is 1. The van der Waals surface area contributed by atoms with Crippen LogP contribution in [0.3, 0.4) is 0 Å². The normalized spacial score (nSPS) is 12.7. The lowest BCUT2D eigenvalue weighted by molar-refractivity contribution is 0.0231. The van der Waals surface area contributed by atoms with Crippen LogP contribution in [0.15, 0.2) is 29.4 Å². The molecule has 5 heteroatoms. The smallest absolute Gasteiger partial charge is 0.170 e. The van der Waals surface area contributed by atoms with E-state index in [2.05, 4.69) is 10.5 Å².